The Bertz CT molecular complexity index is 621. The normalized spacial score (nSPS) is 29.4. The molecule has 2 bridgehead atoms. The van der Waals surface area contributed by atoms with Gasteiger partial charge in [-0.1, -0.05) is 0 Å². The van der Waals surface area contributed by atoms with E-state index in [0.29, 0.717) is 6.04 Å². The maximum absolute atomic E-state index is 4.68. The van der Waals surface area contributed by atoms with Crippen LogP contribution in [-0.2, 0) is 6.54 Å². The standard InChI is InChI=1S/C15H22N4S/c1-10-9-20-15-17-11(2)14(19(10)15)7-16-13-8-18-5-3-12(13)4-6-18/h9,12-13,16H,3-8H2,1-2H3. The highest BCUT2D eigenvalue weighted by molar-refractivity contribution is 7.15. The minimum Gasteiger partial charge on any atom is -0.307 e. The van der Waals surface area contributed by atoms with Gasteiger partial charge >= 0.3 is 0 Å². The molecular weight excluding hydrogens is 268 g/mol. The number of piperidine rings is 3. The van der Waals surface area contributed by atoms with Crippen LogP contribution in [0.1, 0.15) is 29.9 Å². The Labute approximate surface area is 123 Å². The van der Waals surface area contributed by atoms with Gasteiger partial charge in [0.05, 0.1) is 11.4 Å². The summed E-state index contributed by atoms with van der Waals surface area (Å²) >= 11 is 1.74. The van der Waals surface area contributed by atoms with Crippen LogP contribution >= 0.6 is 11.3 Å². The molecule has 5 heterocycles. The first-order chi connectivity index (χ1) is 9.72. The Morgan fingerprint density at radius 3 is 2.85 bits per heavy atom. The summed E-state index contributed by atoms with van der Waals surface area (Å²) in [5.41, 5.74) is 3.82. The van der Waals surface area contributed by atoms with Crippen LogP contribution in [0.2, 0.25) is 0 Å². The minimum absolute atomic E-state index is 0.668. The average molecular weight is 290 g/mol. The van der Waals surface area contributed by atoms with Gasteiger partial charge in [-0.05, 0) is 45.7 Å². The molecule has 3 aliphatic heterocycles. The van der Waals surface area contributed by atoms with Gasteiger partial charge in [-0.2, -0.15) is 0 Å². The van der Waals surface area contributed by atoms with Crippen molar-refractivity contribution in [2.24, 2.45) is 5.92 Å². The number of fused-ring (bicyclic) bond motifs is 4. The van der Waals surface area contributed by atoms with Crippen LogP contribution in [0.3, 0.4) is 0 Å². The summed E-state index contributed by atoms with van der Waals surface area (Å²) in [6.07, 6.45) is 2.74. The molecule has 1 atom stereocenters. The minimum atomic E-state index is 0.668. The van der Waals surface area contributed by atoms with E-state index in [1.807, 2.05) is 0 Å². The van der Waals surface area contributed by atoms with Crippen molar-refractivity contribution in [3.8, 4) is 0 Å². The van der Waals surface area contributed by atoms with Crippen LogP contribution in [0.4, 0.5) is 0 Å². The number of nitrogens with zero attached hydrogens (tertiary/aromatic N) is 3. The number of hydrogen-bond acceptors (Lipinski definition) is 4. The van der Waals surface area contributed by atoms with Crippen molar-refractivity contribution in [3.63, 3.8) is 0 Å². The number of thiazole rings is 1. The van der Waals surface area contributed by atoms with E-state index < -0.39 is 0 Å². The van der Waals surface area contributed by atoms with Gasteiger partial charge in [-0.25, -0.2) is 4.98 Å². The van der Waals surface area contributed by atoms with E-state index in [4.69, 9.17) is 0 Å². The largest absolute Gasteiger partial charge is 0.307 e. The Hall–Kier alpha value is -0.910. The lowest BCUT2D eigenvalue weighted by Crippen LogP contribution is -2.55. The molecule has 5 heteroatoms. The van der Waals surface area contributed by atoms with Crippen molar-refractivity contribution in [3.05, 3.63) is 22.5 Å². The molecule has 4 nitrogen and oxygen atoms in total. The molecule has 108 valence electrons. The Morgan fingerprint density at radius 2 is 2.15 bits per heavy atom. The first-order valence-corrected chi connectivity index (χ1v) is 8.48. The van der Waals surface area contributed by atoms with Crippen LogP contribution in [0.15, 0.2) is 5.38 Å². The third-order valence-corrected chi connectivity index (χ3v) is 5.96. The summed E-state index contributed by atoms with van der Waals surface area (Å²) in [6, 6.07) is 0.668. The Balaban J connectivity index is 1.53. The van der Waals surface area contributed by atoms with Gasteiger partial charge in [0.15, 0.2) is 4.96 Å². The number of aryl methyl sites for hydroxylation is 2. The molecule has 0 aliphatic carbocycles. The zero-order valence-corrected chi connectivity index (χ0v) is 13.0. The van der Waals surface area contributed by atoms with Crippen LogP contribution in [0, 0.1) is 19.8 Å². The zero-order valence-electron chi connectivity index (χ0n) is 12.2. The fourth-order valence-electron chi connectivity index (χ4n) is 3.80. The lowest BCUT2D eigenvalue weighted by atomic mass is 9.84. The SMILES string of the molecule is Cc1nc2scc(C)n2c1CNC1CN2CCC1CC2. The molecule has 2 aromatic rings. The van der Waals surface area contributed by atoms with Crippen molar-refractivity contribution in [2.45, 2.75) is 39.3 Å². The van der Waals surface area contributed by atoms with Crippen LogP contribution in [0.5, 0.6) is 0 Å². The zero-order chi connectivity index (χ0) is 13.7. The second-order valence-corrected chi connectivity index (χ2v) is 7.10. The van der Waals surface area contributed by atoms with Gasteiger partial charge in [0, 0.05) is 30.2 Å². The van der Waals surface area contributed by atoms with E-state index in [1.54, 1.807) is 11.3 Å². The number of hydrogen-bond donors (Lipinski definition) is 1. The van der Waals surface area contributed by atoms with Gasteiger partial charge in [-0.15, -0.1) is 11.3 Å². The number of nitrogens with one attached hydrogen (secondary N) is 1. The van der Waals surface area contributed by atoms with E-state index in [0.717, 1.165) is 17.4 Å². The van der Waals surface area contributed by atoms with Crippen molar-refractivity contribution >= 4 is 16.3 Å². The first-order valence-electron chi connectivity index (χ1n) is 7.60. The predicted molar refractivity (Wildman–Crippen MR) is 82.3 cm³/mol. The van der Waals surface area contributed by atoms with E-state index >= 15 is 0 Å². The topological polar surface area (TPSA) is 32.6 Å². The summed E-state index contributed by atoms with van der Waals surface area (Å²) in [6.45, 7) is 9.09. The van der Waals surface area contributed by atoms with Gasteiger partial charge in [-0.3, -0.25) is 4.40 Å². The first kappa shape index (κ1) is 12.8. The highest BCUT2D eigenvalue weighted by atomic mass is 32.1. The van der Waals surface area contributed by atoms with Crippen molar-refractivity contribution in [2.75, 3.05) is 19.6 Å². The Kier molecular flexibility index (Phi) is 3.09. The average Bonchev–Trinajstić information content (AvgIpc) is 2.98. The summed E-state index contributed by atoms with van der Waals surface area (Å²) in [7, 11) is 0. The van der Waals surface area contributed by atoms with Crippen molar-refractivity contribution in [1.29, 1.82) is 0 Å². The summed E-state index contributed by atoms with van der Waals surface area (Å²) in [5.74, 6) is 0.882. The molecular formula is C15H22N4S. The third-order valence-electron chi connectivity index (χ3n) is 5.02. The van der Waals surface area contributed by atoms with E-state index in [1.165, 1.54) is 49.6 Å². The molecule has 1 unspecified atom stereocenters. The third kappa shape index (κ3) is 2.00. The molecule has 0 spiro atoms. The highest BCUT2D eigenvalue weighted by Crippen LogP contribution is 2.28. The summed E-state index contributed by atoms with van der Waals surface area (Å²) in [4.78, 5) is 8.41. The molecule has 0 amide bonds. The maximum atomic E-state index is 4.68. The van der Waals surface area contributed by atoms with Gasteiger partial charge in [0.2, 0.25) is 0 Å². The summed E-state index contributed by atoms with van der Waals surface area (Å²) < 4.78 is 2.31. The van der Waals surface area contributed by atoms with Crippen LogP contribution in [0.25, 0.3) is 4.96 Å². The second-order valence-electron chi connectivity index (χ2n) is 6.26. The molecule has 5 rings (SSSR count). The predicted octanol–water partition coefficient (Wildman–Crippen LogP) is 2.20. The maximum Gasteiger partial charge on any atom is 0.194 e. The van der Waals surface area contributed by atoms with Gasteiger partial charge in [0.25, 0.3) is 0 Å². The van der Waals surface area contributed by atoms with E-state index in [-0.39, 0.29) is 0 Å². The fraction of sp³-hybridized carbons (Fsp3) is 0.667. The quantitative estimate of drug-likeness (QED) is 0.940. The molecule has 3 saturated heterocycles. The number of rotatable bonds is 3. The highest BCUT2D eigenvalue weighted by Gasteiger charge is 2.33. The molecule has 0 radical (unpaired) electrons. The molecule has 2 aromatic heterocycles. The van der Waals surface area contributed by atoms with Gasteiger partial charge in [0.1, 0.15) is 0 Å². The fourth-order valence-corrected chi connectivity index (χ4v) is 4.73. The molecule has 1 N–H and O–H groups in total. The van der Waals surface area contributed by atoms with Crippen molar-refractivity contribution < 1.29 is 0 Å². The molecule has 3 fully saturated rings. The van der Waals surface area contributed by atoms with Crippen molar-refractivity contribution in [1.82, 2.24) is 19.6 Å². The molecule has 20 heavy (non-hydrogen) atoms. The second kappa shape index (κ2) is 4.83. The van der Waals surface area contributed by atoms with Crippen LogP contribution < -0.4 is 5.32 Å². The lowest BCUT2D eigenvalue weighted by molar-refractivity contribution is 0.0718. The number of imidazole rings is 1. The summed E-state index contributed by atoms with van der Waals surface area (Å²) in [5, 5.41) is 6.00. The Morgan fingerprint density at radius 1 is 1.35 bits per heavy atom. The van der Waals surface area contributed by atoms with Gasteiger partial charge < -0.3 is 10.2 Å². The molecule has 3 aliphatic rings. The molecule has 0 aromatic carbocycles. The van der Waals surface area contributed by atoms with E-state index in [9.17, 15) is 0 Å². The monoisotopic (exact) mass is 290 g/mol. The lowest BCUT2D eigenvalue weighted by Gasteiger charge is -2.45. The smallest absolute Gasteiger partial charge is 0.194 e. The number of aromatic nitrogens is 2. The van der Waals surface area contributed by atoms with E-state index in [2.05, 4.69) is 38.8 Å². The van der Waals surface area contributed by atoms with Crippen LogP contribution in [-0.4, -0.2) is 40.0 Å². The molecule has 0 saturated carbocycles.